The van der Waals surface area contributed by atoms with E-state index in [1.54, 1.807) is 7.05 Å². The van der Waals surface area contributed by atoms with Crippen LogP contribution in [-0.2, 0) is 4.79 Å². The van der Waals surface area contributed by atoms with Crippen LogP contribution in [-0.4, -0.2) is 50.1 Å². The smallest absolute Gasteiger partial charge is 0.236 e. The number of nitrogens with zero attached hydrogens (tertiary/aromatic N) is 1. The Morgan fingerprint density at radius 2 is 1.81 bits per heavy atom. The molecule has 4 heteroatoms. The molecule has 1 heterocycles. The van der Waals surface area contributed by atoms with Gasteiger partial charge in [0, 0.05) is 13.1 Å². The van der Waals surface area contributed by atoms with E-state index >= 15 is 0 Å². The van der Waals surface area contributed by atoms with E-state index < -0.39 is 0 Å². The molecule has 0 spiro atoms. The van der Waals surface area contributed by atoms with Crippen LogP contribution in [0.2, 0.25) is 0 Å². The van der Waals surface area contributed by atoms with Gasteiger partial charge >= 0.3 is 0 Å². The number of amides is 1. The average Bonchev–Trinajstić information content (AvgIpc) is 2.36. The molecule has 2 atom stereocenters. The predicted molar refractivity (Wildman–Crippen MR) is 66.3 cm³/mol. The highest BCUT2D eigenvalue weighted by Crippen LogP contribution is 2.21. The number of carbonyl (C=O) groups is 1. The second-order valence-electron chi connectivity index (χ2n) is 4.74. The summed E-state index contributed by atoms with van der Waals surface area (Å²) < 4.78 is 0. The molecule has 0 saturated carbocycles. The molecule has 94 valence electrons. The summed E-state index contributed by atoms with van der Waals surface area (Å²) in [6.07, 6.45) is 2.37. The number of nitrogens with one attached hydrogen (secondary N) is 2. The van der Waals surface area contributed by atoms with Gasteiger partial charge in [-0.25, -0.2) is 0 Å². The molecule has 0 bridgehead atoms. The molecule has 2 N–H and O–H groups in total. The van der Waals surface area contributed by atoms with Crippen LogP contribution in [0.3, 0.4) is 0 Å². The lowest BCUT2D eigenvalue weighted by molar-refractivity contribution is -0.125. The maximum absolute atomic E-state index is 11.5. The van der Waals surface area contributed by atoms with Crippen molar-refractivity contribution >= 4 is 5.91 Å². The Hall–Kier alpha value is -0.610. The summed E-state index contributed by atoms with van der Waals surface area (Å²) in [6.45, 7) is 6.29. The SMILES string of the molecule is CNC(=O)C(C)N1CCC(C(C)NC)CC1. The van der Waals surface area contributed by atoms with Gasteiger partial charge in [-0.2, -0.15) is 0 Å². The first kappa shape index (κ1) is 13.5. The fourth-order valence-electron chi connectivity index (χ4n) is 2.42. The van der Waals surface area contributed by atoms with Crippen LogP contribution in [0.25, 0.3) is 0 Å². The molecule has 2 unspecified atom stereocenters. The molecule has 1 fully saturated rings. The van der Waals surface area contributed by atoms with Crippen LogP contribution < -0.4 is 10.6 Å². The molecule has 0 aromatic rings. The van der Waals surface area contributed by atoms with Crippen molar-refractivity contribution in [2.24, 2.45) is 5.92 Å². The molecule has 1 saturated heterocycles. The van der Waals surface area contributed by atoms with E-state index in [2.05, 4.69) is 22.5 Å². The third-order valence-corrected chi connectivity index (χ3v) is 3.91. The van der Waals surface area contributed by atoms with Crippen molar-refractivity contribution in [2.45, 2.75) is 38.8 Å². The van der Waals surface area contributed by atoms with E-state index in [9.17, 15) is 4.79 Å². The molecule has 16 heavy (non-hydrogen) atoms. The second-order valence-corrected chi connectivity index (χ2v) is 4.74. The summed E-state index contributed by atoms with van der Waals surface area (Å²) in [4.78, 5) is 13.8. The fourth-order valence-corrected chi connectivity index (χ4v) is 2.42. The Kier molecular flexibility index (Phi) is 5.22. The lowest BCUT2D eigenvalue weighted by Gasteiger charge is -2.37. The average molecular weight is 227 g/mol. The molecule has 1 aliphatic rings. The van der Waals surface area contributed by atoms with Gasteiger partial charge < -0.3 is 10.6 Å². The summed E-state index contributed by atoms with van der Waals surface area (Å²) in [7, 11) is 3.72. The van der Waals surface area contributed by atoms with Crippen molar-refractivity contribution in [1.29, 1.82) is 0 Å². The molecule has 0 aromatic heterocycles. The summed E-state index contributed by atoms with van der Waals surface area (Å²) in [5.41, 5.74) is 0. The van der Waals surface area contributed by atoms with Gasteiger partial charge in [0.2, 0.25) is 5.91 Å². The van der Waals surface area contributed by atoms with Gasteiger partial charge in [-0.15, -0.1) is 0 Å². The lowest BCUT2D eigenvalue weighted by Crippen LogP contribution is -2.49. The van der Waals surface area contributed by atoms with Crippen molar-refractivity contribution in [2.75, 3.05) is 27.2 Å². The van der Waals surface area contributed by atoms with Crippen molar-refractivity contribution in [1.82, 2.24) is 15.5 Å². The topological polar surface area (TPSA) is 44.4 Å². The predicted octanol–water partition coefficient (Wildman–Crippen LogP) is 0.441. The van der Waals surface area contributed by atoms with Crippen LogP contribution in [0.1, 0.15) is 26.7 Å². The number of likely N-dealkylation sites (N-methyl/N-ethyl adjacent to an activating group) is 1. The first-order valence-electron chi connectivity index (χ1n) is 6.23. The third kappa shape index (κ3) is 3.19. The van der Waals surface area contributed by atoms with Gasteiger partial charge in [0.25, 0.3) is 0 Å². The van der Waals surface area contributed by atoms with Gasteiger partial charge in [-0.05, 0) is 52.7 Å². The van der Waals surface area contributed by atoms with Crippen molar-refractivity contribution in [3.63, 3.8) is 0 Å². The summed E-state index contributed by atoms with van der Waals surface area (Å²) in [5, 5.41) is 6.03. The van der Waals surface area contributed by atoms with Gasteiger partial charge in [0.15, 0.2) is 0 Å². The highest BCUT2D eigenvalue weighted by Gasteiger charge is 2.27. The zero-order chi connectivity index (χ0) is 12.1. The standard InChI is InChI=1S/C12H25N3O/c1-9(13-3)11-5-7-15(8-6-11)10(2)12(16)14-4/h9-11,13H,5-8H2,1-4H3,(H,14,16). The van der Waals surface area contributed by atoms with E-state index in [4.69, 9.17) is 0 Å². The minimum atomic E-state index is 0.0100. The summed E-state index contributed by atoms with van der Waals surface area (Å²) in [5.74, 6) is 0.873. The van der Waals surface area contributed by atoms with Gasteiger partial charge in [-0.3, -0.25) is 9.69 Å². The molecule has 0 radical (unpaired) electrons. The maximum Gasteiger partial charge on any atom is 0.236 e. The maximum atomic E-state index is 11.5. The monoisotopic (exact) mass is 227 g/mol. The zero-order valence-electron chi connectivity index (χ0n) is 10.9. The Morgan fingerprint density at radius 1 is 1.25 bits per heavy atom. The van der Waals surface area contributed by atoms with Crippen LogP contribution in [0.4, 0.5) is 0 Å². The zero-order valence-corrected chi connectivity index (χ0v) is 10.9. The molecule has 1 amide bonds. The molecular formula is C12H25N3O. The largest absolute Gasteiger partial charge is 0.358 e. The summed E-state index contributed by atoms with van der Waals surface area (Å²) >= 11 is 0. The van der Waals surface area contributed by atoms with Gasteiger partial charge in [-0.1, -0.05) is 0 Å². The Bertz CT molecular complexity index is 224. The van der Waals surface area contributed by atoms with Gasteiger partial charge in [0.05, 0.1) is 6.04 Å². The van der Waals surface area contributed by atoms with Crippen molar-refractivity contribution in [3.05, 3.63) is 0 Å². The van der Waals surface area contributed by atoms with Crippen LogP contribution in [0.15, 0.2) is 0 Å². The van der Waals surface area contributed by atoms with E-state index in [1.807, 2.05) is 14.0 Å². The molecule has 1 rings (SSSR count). The molecular weight excluding hydrogens is 202 g/mol. The van der Waals surface area contributed by atoms with Gasteiger partial charge in [0.1, 0.15) is 0 Å². The van der Waals surface area contributed by atoms with E-state index in [1.165, 1.54) is 12.8 Å². The number of rotatable bonds is 4. The van der Waals surface area contributed by atoms with E-state index in [0.717, 1.165) is 19.0 Å². The molecule has 1 aliphatic heterocycles. The number of carbonyl (C=O) groups excluding carboxylic acids is 1. The van der Waals surface area contributed by atoms with Crippen LogP contribution >= 0.6 is 0 Å². The number of hydrogen-bond donors (Lipinski definition) is 2. The number of hydrogen-bond acceptors (Lipinski definition) is 3. The minimum absolute atomic E-state index is 0.0100. The Labute approximate surface area is 98.8 Å². The Balaban J connectivity index is 2.39. The number of likely N-dealkylation sites (tertiary alicyclic amines) is 1. The first-order valence-corrected chi connectivity index (χ1v) is 6.23. The highest BCUT2D eigenvalue weighted by molar-refractivity contribution is 5.80. The third-order valence-electron chi connectivity index (χ3n) is 3.91. The normalized spacial score (nSPS) is 22.8. The van der Waals surface area contributed by atoms with Crippen LogP contribution in [0, 0.1) is 5.92 Å². The quantitative estimate of drug-likeness (QED) is 0.732. The highest BCUT2D eigenvalue weighted by atomic mass is 16.2. The first-order chi connectivity index (χ1) is 7.60. The number of piperidine rings is 1. The van der Waals surface area contributed by atoms with Crippen molar-refractivity contribution in [3.8, 4) is 0 Å². The second kappa shape index (κ2) is 6.21. The fraction of sp³-hybridized carbons (Fsp3) is 0.917. The minimum Gasteiger partial charge on any atom is -0.358 e. The van der Waals surface area contributed by atoms with E-state index in [-0.39, 0.29) is 11.9 Å². The van der Waals surface area contributed by atoms with Crippen molar-refractivity contribution < 1.29 is 4.79 Å². The Morgan fingerprint density at radius 3 is 2.25 bits per heavy atom. The molecule has 0 aromatic carbocycles. The molecule has 0 aliphatic carbocycles. The molecule has 4 nitrogen and oxygen atoms in total. The van der Waals surface area contributed by atoms with Crippen LogP contribution in [0.5, 0.6) is 0 Å². The van der Waals surface area contributed by atoms with E-state index in [0.29, 0.717) is 6.04 Å². The lowest BCUT2D eigenvalue weighted by atomic mass is 9.90. The summed E-state index contributed by atoms with van der Waals surface area (Å²) in [6, 6.07) is 0.591.